The predicted octanol–water partition coefficient (Wildman–Crippen LogP) is 4.43. The van der Waals surface area contributed by atoms with Gasteiger partial charge in [-0.05, 0) is 51.0 Å². The highest BCUT2D eigenvalue weighted by Crippen LogP contribution is 2.33. The molecule has 1 unspecified atom stereocenters. The lowest BCUT2D eigenvalue weighted by molar-refractivity contribution is -0.136. The molecule has 4 heteroatoms. The molecule has 2 aliphatic heterocycles. The number of fused-ring (bicyclic) bond motifs is 2. The topological polar surface area (TPSA) is 52.6 Å². The van der Waals surface area contributed by atoms with Crippen molar-refractivity contribution < 1.29 is 19.1 Å². The van der Waals surface area contributed by atoms with Gasteiger partial charge in [0, 0.05) is 11.6 Å². The molecule has 0 amide bonds. The molecular weight excluding hydrogens is 316 g/mol. The number of ether oxygens (including phenoxy) is 2. The van der Waals surface area contributed by atoms with Crippen LogP contribution in [-0.4, -0.2) is 24.5 Å². The molecule has 0 spiro atoms. The third-order valence-electron chi connectivity index (χ3n) is 4.94. The van der Waals surface area contributed by atoms with Crippen LogP contribution in [0.15, 0.2) is 46.8 Å². The van der Waals surface area contributed by atoms with Gasteiger partial charge in [-0.3, -0.25) is 4.79 Å². The minimum atomic E-state index is -0.860. The number of carbonyl (C=O) groups is 2. The highest BCUT2D eigenvalue weighted by molar-refractivity contribution is 5.99. The minimum Gasteiger partial charge on any atom is -0.479 e. The third kappa shape index (κ3) is 4.50. The second kappa shape index (κ2) is 7.85. The third-order valence-corrected chi connectivity index (χ3v) is 4.94. The SMILES string of the molecule is COC(=O)C1=CCCC2(C)OC(=CC2=O)C(C)=CC=C(C(C)C)CC1. The largest absolute Gasteiger partial charge is 0.479 e. The molecule has 1 atom stereocenters. The summed E-state index contributed by atoms with van der Waals surface area (Å²) >= 11 is 0. The molecule has 0 fully saturated rings. The highest BCUT2D eigenvalue weighted by atomic mass is 16.5. The van der Waals surface area contributed by atoms with E-state index in [2.05, 4.69) is 19.9 Å². The van der Waals surface area contributed by atoms with Gasteiger partial charge >= 0.3 is 5.97 Å². The molecule has 0 saturated heterocycles. The van der Waals surface area contributed by atoms with Crippen LogP contribution in [0.25, 0.3) is 0 Å². The lowest BCUT2D eigenvalue weighted by Crippen LogP contribution is -2.32. The van der Waals surface area contributed by atoms with E-state index in [1.165, 1.54) is 12.7 Å². The van der Waals surface area contributed by atoms with E-state index in [4.69, 9.17) is 9.47 Å². The molecule has 0 aliphatic carbocycles. The molecule has 0 aromatic rings. The van der Waals surface area contributed by atoms with Gasteiger partial charge in [0.15, 0.2) is 5.60 Å². The van der Waals surface area contributed by atoms with Crippen LogP contribution in [0.5, 0.6) is 0 Å². The Morgan fingerprint density at radius 3 is 2.64 bits per heavy atom. The summed E-state index contributed by atoms with van der Waals surface area (Å²) in [7, 11) is 1.40. The Morgan fingerprint density at radius 2 is 2.00 bits per heavy atom. The zero-order valence-corrected chi connectivity index (χ0v) is 15.8. The molecule has 4 nitrogen and oxygen atoms in total. The summed E-state index contributed by atoms with van der Waals surface area (Å²) < 4.78 is 10.9. The average Bonchev–Trinajstić information content (AvgIpc) is 2.87. The molecule has 0 aromatic carbocycles. The maximum atomic E-state index is 12.4. The normalized spacial score (nSPS) is 24.8. The van der Waals surface area contributed by atoms with Crippen LogP contribution in [0.4, 0.5) is 0 Å². The molecule has 136 valence electrons. The zero-order valence-electron chi connectivity index (χ0n) is 15.8. The molecule has 0 N–H and O–H groups in total. The number of esters is 1. The first-order valence-electron chi connectivity index (χ1n) is 8.87. The van der Waals surface area contributed by atoms with E-state index in [0.29, 0.717) is 36.5 Å². The summed E-state index contributed by atoms with van der Waals surface area (Å²) in [5.41, 5.74) is 1.99. The van der Waals surface area contributed by atoms with Crippen molar-refractivity contribution in [3.8, 4) is 0 Å². The fourth-order valence-corrected chi connectivity index (χ4v) is 3.06. The summed E-state index contributed by atoms with van der Waals surface area (Å²) in [5, 5.41) is 0. The Bertz CT molecular complexity index is 676. The van der Waals surface area contributed by atoms with E-state index in [-0.39, 0.29) is 11.8 Å². The summed E-state index contributed by atoms with van der Waals surface area (Å²) in [6.45, 7) is 8.05. The molecule has 0 aromatic heterocycles. The summed E-state index contributed by atoms with van der Waals surface area (Å²) in [6.07, 6.45) is 10.1. The number of methoxy groups -OCH3 is 1. The minimum absolute atomic E-state index is 0.0200. The monoisotopic (exact) mass is 344 g/mol. The molecule has 0 radical (unpaired) electrons. The Morgan fingerprint density at radius 1 is 1.28 bits per heavy atom. The van der Waals surface area contributed by atoms with E-state index in [1.807, 2.05) is 26.0 Å². The van der Waals surface area contributed by atoms with Crippen molar-refractivity contribution >= 4 is 11.8 Å². The van der Waals surface area contributed by atoms with Crippen LogP contribution in [0.2, 0.25) is 0 Å². The van der Waals surface area contributed by atoms with Gasteiger partial charge in [-0.15, -0.1) is 0 Å². The lowest BCUT2D eigenvalue weighted by atomic mass is 9.92. The summed E-state index contributed by atoms with van der Waals surface area (Å²) in [4.78, 5) is 24.4. The number of rotatable bonds is 2. The fourth-order valence-electron chi connectivity index (χ4n) is 3.06. The van der Waals surface area contributed by atoms with Gasteiger partial charge in [0.2, 0.25) is 5.78 Å². The van der Waals surface area contributed by atoms with Gasteiger partial charge < -0.3 is 9.47 Å². The van der Waals surface area contributed by atoms with E-state index in [0.717, 1.165) is 12.0 Å². The Balaban J connectivity index is 2.40. The lowest BCUT2D eigenvalue weighted by Gasteiger charge is -2.23. The molecule has 0 saturated carbocycles. The predicted molar refractivity (Wildman–Crippen MR) is 97.8 cm³/mol. The molecule has 2 bridgehead atoms. The van der Waals surface area contributed by atoms with Gasteiger partial charge in [0.05, 0.1) is 7.11 Å². The van der Waals surface area contributed by atoms with Gasteiger partial charge in [-0.25, -0.2) is 4.79 Å². The first-order chi connectivity index (χ1) is 11.8. The number of allylic oxidation sites excluding steroid dienone is 5. The number of hydrogen-bond donors (Lipinski definition) is 0. The maximum Gasteiger partial charge on any atom is 0.333 e. The Labute approximate surface area is 150 Å². The van der Waals surface area contributed by atoms with E-state index >= 15 is 0 Å². The van der Waals surface area contributed by atoms with Crippen LogP contribution in [0.1, 0.15) is 53.4 Å². The molecule has 25 heavy (non-hydrogen) atoms. The molecule has 2 rings (SSSR count). The average molecular weight is 344 g/mol. The number of carbonyl (C=O) groups excluding carboxylic acids is 2. The number of ketones is 1. The van der Waals surface area contributed by atoms with Gasteiger partial charge in [0.1, 0.15) is 5.76 Å². The van der Waals surface area contributed by atoms with Gasteiger partial charge in [-0.2, -0.15) is 0 Å². The summed E-state index contributed by atoms with van der Waals surface area (Å²) in [6, 6.07) is 0. The number of hydrogen-bond acceptors (Lipinski definition) is 4. The standard InChI is InChI=1S/C21H28O4/c1-14(2)16-9-8-15(3)18-13-19(22)21(4,25-18)12-6-7-17(11-10-16)20(23)24-5/h7-9,13-14H,6,10-12H2,1-5H3. The van der Waals surface area contributed by atoms with Crippen molar-refractivity contribution in [1.82, 2.24) is 0 Å². The Kier molecular flexibility index (Phi) is 6.04. The van der Waals surface area contributed by atoms with Crippen LogP contribution in [0.3, 0.4) is 0 Å². The van der Waals surface area contributed by atoms with Crippen LogP contribution in [-0.2, 0) is 19.1 Å². The van der Waals surface area contributed by atoms with Gasteiger partial charge in [-0.1, -0.05) is 37.6 Å². The van der Waals surface area contributed by atoms with E-state index in [9.17, 15) is 9.59 Å². The smallest absolute Gasteiger partial charge is 0.333 e. The second-order valence-electron chi connectivity index (χ2n) is 7.21. The fraction of sp³-hybridized carbons (Fsp3) is 0.524. The maximum absolute atomic E-state index is 12.4. The van der Waals surface area contributed by atoms with Crippen LogP contribution in [0, 0.1) is 5.92 Å². The van der Waals surface area contributed by atoms with E-state index < -0.39 is 5.60 Å². The van der Waals surface area contributed by atoms with E-state index in [1.54, 1.807) is 6.08 Å². The summed E-state index contributed by atoms with van der Waals surface area (Å²) in [5.74, 6) is 0.697. The first kappa shape index (κ1) is 19.2. The second-order valence-corrected chi connectivity index (χ2v) is 7.21. The van der Waals surface area contributed by atoms with Crippen molar-refractivity contribution in [2.45, 2.75) is 59.0 Å². The van der Waals surface area contributed by atoms with Crippen molar-refractivity contribution in [2.24, 2.45) is 5.92 Å². The van der Waals surface area contributed by atoms with Gasteiger partial charge in [0.25, 0.3) is 0 Å². The molecule has 2 heterocycles. The van der Waals surface area contributed by atoms with Crippen LogP contribution < -0.4 is 0 Å². The van der Waals surface area contributed by atoms with Crippen LogP contribution >= 0.6 is 0 Å². The molecular formula is C21H28O4. The molecule has 2 aliphatic rings. The highest BCUT2D eigenvalue weighted by Gasteiger charge is 2.39. The van der Waals surface area contributed by atoms with Crippen molar-refractivity contribution in [2.75, 3.05) is 7.11 Å². The Hall–Kier alpha value is -2.10. The first-order valence-corrected chi connectivity index (χ1v) is 8.87. The van der Waals surface area contributed by atoms with Crippen molar-refractivity contribution in [3.63, 3.8) is 0 Å². The van der Waals surface area contributed by atoms with Crippen molar-refractivity contribution in [1.29, 1.82) is 0 Å². The van der Waals surface area contributed by atoms with Crippen molar-refractivity contribution in [3.05, 3.63) is 46.8 Å². The zero-order chi connectivity index (χ0) is 18.6. The quantitative estimate of drug-likeness (QED) is 0.695.